The van der Waals surface area contributed by atoms with Crippen LogP contribution in [-0.4, -0.2) is 56.9 Å². The smallest absolute Gasteiger partial charge is 0.236 e. The summed E-state index contributed by atoms with van der Waals surface area (Å²) in [7, 11) is 1.62. The Hall–Kier alpha value is -1.21. The zero-order chi connectivity index (χ0) is 16.5. The van der Waals surface area contributed by atoms with Gasteiger partial charge in [-0.25, -0.2) is 4.39 Å². The van der Waals surface area contributed by atoms with Crippen LogP contribution in [0.3, 0.4) is 0 Å². The van der Waals surface area contributed by atoms with Gasteiger partial charge in [-0.1, -0.05) is 12.1 Å². The van der Waals surface area contributed by atoms with Crippen molar-refractivity contribution < 1.29 is 18.7 Å². The molecular formula is C17H26ClFN2O3. The molecule has 1 fully saturated rings. The summed E-state index contributed by atoms with van der Waals surface area (Å²) in [6.45, 7) is 3.10. The average Bonchev–Trinajstić information content (AvgIpc) is 3.04. The van der Waals surface area contributed by atoms with Gasteiger partial charge in [-0.2, -0.15) is 0 Å². The summed E-state index contributed by atoms with van der Waals surface area (Å²) in [5.74, 6) is -0.300. The fourth-order valence-electron chi connectivity index (χ4n) is 2.63. The van der Waals surface area contributed by atoms with Crippen LogP contribution in [0.4, 0.5) is 4.39 Å². The summed E-state index contributed by atoms with van der Waals surface area (Å²) in [5.41, 5.74) is 0.785. The molecule has 0 aliphatic carbocycles. The molecule has 0 aromatic heterocycles. The van der Waals surface area contributed by atoms with Crippen LogP contribution < -0.4 is 5.32 Å². The minimum Gasteiger partial charge on any atom is -0.383 e. The number of halogens is 2. The Labute approximate surface area is 148 Å². The van der Waals surface area contributed by atoms with Gasteiger partial charge in [0.1, 0.15) is 5.82 Å². The van der Waals surface area contributed by atoms with Crippen LogP contribution in [0, 0.1) is 5.82 Å². The second-order valence-corrected chi connectivity index (χ2v) is 5.71. The fraction of sp³-hybridized carbons (Fsp3) is 0.588. The van der Waals surface area contributed by atoms with E-state index in [1.807, 2.05) is 6.07 Å². The number of amides is 1. The van der Waals surface area contributed by atoms with E-state index < -0.39 is 0 Å². The molecule has 0 radical (unpaired) electrons. The van der Waals surface area contributed by atoms with E-state index in [-0.39, 0.29) is 36.8 Å². The van der Waals surface area contributed by atoms with Crippen LogP contribution >= 0.6 is 12.4 Å². The molecule has 1 aliphatic heterocycles. The van der Waals surface area contributed by atoms with Crippen LogP contribution in [0.1, 0.15) is 18.4 Å². The molecule has 0 saturated carbocycles. The van der Waals surface area contributed by atoms with E-state index in [2.05, 4.69) is 5.32 Å². The number of rotatable bonds is 9. The molecule has 1 unspecified atom stereocenters. The van der Waals surface area contributed by atoms with E-state index in [0.29, 0.717) is 26.2 Å². The van der Waals surface area contributed by atoms with Gasteiger partial charge in [0, 0.05) is 33.4 Å². The maximum Gasteiger partial charge on any atom is 0.236 e. The highest BCUT2D eigenvalue weighted by Gasteiger charge is 2.22. The van der Waals surface area contributed by atoms with Crippen LogP contribution in [-0.2, 0) is 20.8 Å². The zero-order valence-electron chi connectivity index (χ0n) is 14.0. The second-order valence-electron chi connectivity index (χ2n) is 5.71. The highest BCUT2D eigenvalue weighted by atomic mass is 35.5. The third kappa shape index (κ3) is 7.13. The van der Waals surface area contributed by atoms with E-state index in [1.54, 1.807) is 18.1 Å². The van der Waals surface area contributed by atoms with E-state index >= 15 is 0 Å². The maximum atomic E-state index is 13.4. The van der Waals surface area contributed by atoms with E-state index in [0.717, 1.165) is 25.0 Å². The quantitative estimate of drug-likeness (QED) is 0.684. The van der Waals surface area contributed by atoms with Gasteiger partial charge < -0.3 is 19.7 Å². The molecule has 0 bridgehead atoms. The number of carbonyl (C=O) groups is 1. The Morgan fingerprint density at radius 2 is 2.33 bits per heavy atom. The Morgan fingerprint density at radius 3 is 3.00 bits per heavy atom. The van der Waals surface area contributed by atoms with Gasteiger partial charge in [-0.05, 0) is 30.5 Å². The third-order valence-electron chi connectivity index (χ3n) is 3.82. The first kappa shape index (κ1) is 20.8. The van der Waals surface area contributed by atoms with Gasteiger partial charge in [0.05, 0.1) is 19.3 Å². The van der Waals surface area contributed by atoms with Crippen molar-refractivity contribution in [3.05, 3.63) is 35.6 Å². The highest BCUT2D eigenvalue weighted by molar-refractivity contribution is 5.85. The Kier molecular flexibility index (Phi) is 9.86. The molecular weight excluding hydrogens is 335 g/mol. The molecule has 1 aliphatic rings. The molecule has 1 heterocycles. The molecule has 1 aromatic carbocycles. The third-order valence-corrected chi connectivity index (χ3v) is 3.82. The van der Waals surface area contributed by atoms with Crippen molar-refractivity contribution in [2.45, 2.75) is 25.5 Å². The number of carbonyl (C=O) groups excluding carboxylic acids is 1. The predicted octanol–water partition coefficient (Wildman–Crippen LogP) is 1.99. The molecule has 1 atom stereocenters. The Morgan fingerprint density at radius 1 is 1.50 bits per heavy atom. The molecule has 136 valence electrons. The number of methoxy groups -OCH3 is 1. The van der Waals surface area contributed by atoms with E-state index in [1.165, 1.54) is 12.1 Å². The van der Waals surface area contributed by atoms with Crippen molar-refractivity contribution in [3.8, 4) is 0 Å². The maximum absolute atomic E-state index is 13.4. The minimum atomic E-state index is -0.287. The molecule has 1 aromatic rings. The average molecular weight is 361 g/mol. The summed E-state index contributed by atoms with van der Waals surface area (Å²) < 4.78 is 23.9. The molecule has 1 saturated heterocycles. The highest BCUT2D eigenvalue weighted by Crippen LogP contribution is 2.15. The standard InChI is InChI=1S/C17H25FN2O3.ClH/c1-22-9-7-19-11-17(21)20(13-16-6-3-8-23-16)12-14-4-2-5-15(18)10-14;/h2,4-5,10,16,19H,3,6-9,11-13H2,1H3;1H. The topological polar surface area (TPSA) is 50.8 Å². The lowest BCUT2D eigenvalue weighted by Gasteiger charge is -2.26. The predicted molar refractivity (Wildman–Crippen MR) is 92.8 cm³/mol. The molecule has 1 amide bonds. The van der Waals surface area contributed by atoms with Gasteiger partial charge in [0.25, 0.3) is 0 Å². The number of benzene rings is 1. The Bertz CT molecular complexity index is 498. The summed E-state index contributed by atoms with van der Waals surface area (Å²) in [6, 6.07) is 6.36. The lowest BCUT2D eigenvalue weighted by Crippen LogP contribution is -2.42. The van der Waals surface area contributed by atoms with Gasteiger partial charge in [-0.3, -0.25) is 4.79 Å². The summed E-state index contributed by atoms with van der Waals surface area (Å²) in [6.07, 6.45) is 2.06. The van der Waals surface area contributed by atoms with Gasteiger partial charge in [0.15, 0.2) is 0 Å². The number of ether oxygens (including phenoxy) is 2. The largest absolute Gasteiger partial charge is 0.383 e. The van der Waals surface area contributed by atoms with Crippen molar-refractivity contribution in [1.29, 1.82) is 0 Å². The van der Waals surface area contributed by atoms with Crippen molar-refractivity contribution in [2.24, 2.45) is 0 Å². The lowest BCUT2D eigenvalue weighted by atomic mass is 10.1. The summed E-state index contributed by atoms with van der Waals surface area (Å²) >= 11 is 0. The van der Waals surface area contributed by atoms with Crippen LogP contribution in [0.5, 0.6) is 0 Å². The number of hydrogen-bond donors (Lipinski definition) is 1. The van der Waals surface area contributed by atoms with Crippen molar-refractivity contribution in [3.63, 3.8) is 0 Å². The summed E-state index contributed by atoms with van der Waals surface area (Å²) in [4.78, 5) is 14.2. The van der Waals surface area contributed by atoms with Gasteiger partial charge >= 0.3 is 0 Å². The van der Waals surface area contributed by atoms with Crippen molar-refractivity contribution >= 4 is 18.3 Å². The first-order valence-corrected chi connectivity index (χ1v) is 8.02. The van der Waals surface area contributed by atoms with E-state index in [4.69, 9.17) is 9.47 Å². The minimum absolute atomic E-state index is 0. The van der Waals surface area contributed by atoms with Gasteiger partial charge in [0.2, 0.25) is 5.91 Å². The van der Waals surface area contributed by atoms with Crippen LogP contribution in [0.25, 0.3) is 0 Å². The lowest BCUT2D eigenvalue weighted by molar-refractivity contribution is -0.132. The number of nitrogens with one attached hydrogen (secondary N) is 1. The number of nitrogens with zero attached hydrogens (tertiary/aromatic N) is 1. The van der Waals surface area contributed by atoms with Crippen molar-refractivity contribution in [2.75, 3.05) is 40.0 Å². The fourth-order valence-corrected chi connectivity index (χ4v) is 2.63. The monoisotopic (exact) mass is 360 g/mol. The first-order chi connectivity index (χ1) is 11.2. The van der Waals surface area contributed by atoms with Crippen LogP contribution in [0.2, 0.25) is 0 Å². The van der Waals surface area contributed by atoms with Gasteiger partial charge in [-0.15, -0.1) is 12.4 Å². The number of hydrogen-bond acceptors (Lipinski definition) is 4. The first-order valence-electron chi connectivity index (χ1n) is 8.02. The SMILES string of the molecule is COCCNCC(=O)N(Cc1cccc(F)c1)CC1CCCO1.Cl. The Balaban J connectivity index is 0.00000288. The molecule has 5 nitrogen and oxygen atoms in total. The molecule has 24 heavy (non-hydrogen) atoms. The zero-order valence-corrected chi connectivity index (χ0v) is 14.8. The molecule has 7 heteroatoms. The van der Waals surface area contributed by atoms with Crippen molar-refractivity contribution in [1.82, 2.24) is 10.2 Å². The normalized spacial score (nSPS) is 16.7. The molecule has 0 spiro atoms. The van der Waals surface area contributed by atoms with E-state index in [9.17, 15) is 9.18 Å². The van der Waals surface area contributed by atoms with Crippen LogP contribution in [0.15, 0.2) is 24.3 Å². The summed E-state index contributed by atoms with van der Waals surface area (Å²) in [5, 5.41) is 3.06. The molecule has 1 N–H and O–H groups in total. The molecule has 2 rings (SSSR count). The second kappa shape index (κ2) is 11.4.